The molecule has 3 aliphatic rings. The first kappa shape index (κ1) is 13.8. The Bertz CT molecular complexity index is 496. The van der Waals surface area contributed by atoms with Crippen LogP contribution in [0.15, 0.2) is 23.8 Å². The van der Waals surface area contributed by atoms with Crippen LogP contribution < -0.4 is 0 Å². The topological polar surface area (TPSA) is 79.3 Å². The van der Waals surface area contributed by atoms with Gasteiger partial charge >= 0.3 is 5.97 Å². The molecular formula is C15H20O5. The number of hydrogen-bond donors (Lipinski definition) is 2. The first-order valence-corrected chi connectivity index (χ1v) is 6.95. The van der Waals surface area contributed by atoms with Gasteiger partial charge in [-0.1, -0.05) is 6.58 Å². The van der Waals surface area contributed by atoms with Crippen molar-refractivity contribution in [2.75, 3.05) is 0 Å². The number of aliphatic hydroxyl groups excluding tert-OH is 2. The molecule has 0 aromatic heterocycles. The van der Waals surface area contributed by atoms with Gasteiger partial charge in [0.05, 0.1) is 23.7 Å². The first-order valence-electron chi connectivity index (χ1n) is 6.95. The molecule has 6 atom stereocenters. The van der Waals surface area contributed by atoms with Crippen LogP contribution in [0.2, 0.25) is 0 Å². The minimum Gasteiger partial charge on any atom is -0.454 e. The lowest BCUT2D eigenvalue weighted by molar-refractivity contribution is -0.137. The van der Waals surface area contributed by atoms with E-state index in [4.69, 9.17) is 9.47 Å². The quantitative estimate of drug-likeness (QED) is 0.295. The molecule has 5 heteroatoms. The molecule has 20 heavy (non-hydrogen) atoms. The zero-order valence-corrected chi connectivity index (χ0v) is 11.7. The van der Waals surface area contributed by atoms with E-state index in [1.165, 1.54) is 0 Å². The van der Waals surface area contributed by atoms with E-state index in [1.54, 1.807) is 13.0 Å². The van der Waals surface area contributed by atoms with Crippen LogP contribution in [0, 0.1) is 5.92 Å². The van der Waals surface area contributed by atoms with Gasteiger partial charge < -0.3 is 19.7 Å². The lowest BCUT2D eigenvalue weighted by Crippen LogP contribution is -2.36. The summed E-state index contributed by atoms with van der Waals surface area (Å²) in [4.78, 5) is 11.7. The summed E-state index contributed by atoms with van der Waals surface area (Å²) in [6.45, 7) is 7.46. The number of carbonyl (C=O) groups excluding carboxylic acids is 1. The molecule has 0 aromatic rings. The Hall–Kier alpha value is -1.17. The van der Waals surface area contributed by atoms with Crippen molar-refractivity contribution in [2.45, 2.75) is 56.7 Å². The van der Waals surface area contributed by atoms with Crippen molar-refractivity contribution in [2.24, 2.45) is 5.92 Å². The van der Waals surface area contributed by atoms with Crippen molar-refractivity contribution in [3.05, 3.63) is 23.8 Å². The second kappa shape index (κ2) is 4.41. The van der Waals surface area contributed by atoms with Gasteiger partial charge in [-0.3, -0.25) is 0 Å². The van der Waals surface area contributed by atoms with Crippen molar-refractivity contribution in [1.82, 2.24) is 0 Å². The fourth-order valence-electron chi connectivity index (χ4n) is 3.24. The van der Waals surface area contributed by atoms with Gasteiger partial charge in [0, 0.05) is 5.57 Å². The fraction of sp³-hybridized carbons (Fsp3) is 0.667. The average molecular weight is 280 g/mol. The highest BCUT2D eigenvalue weighted by atomic mass is 16.6. The molecule has 110 valence electrons. The Balaban J connectivity index is 1.97. The maximum absolute atomic E-state index is 11.7. The zero-order chi connectivity index (χ0) is 14.7. The number of esters is 1. The average Bonchev–Trinajstić information content (AvgIpc) is 2.99. The smallest absolute Gasteiger partial charge is 0.334 e. The predicted octanol–water partition coefficient (Wildman–Crippen LogP) is 0.704. The molecular weight excluding hydrogens is 260 g/mol. The highest BCUT2D eigenvalue weighted by Crippen LogP contribution is 2.48. The molecule has 0 amide bonds. The van der Waals surface area contributed by atoms with Crippen LogP contribution >= 0.6 is 0 Å². The minimum atomic E-state index is -0.816. The summed E-state index contributed by atoms with van der Waals surface area (Å²) in [6.07, 6.45) is 0.642. The predicted molar refractivity (Wildman–Crippen MR) is 70.8 cm³/mol. The molecule has 2 N–H and O–H groups in total. The molecule has 0 unspecified atom stereocenters. The number of hydrogen-bond acceptors (Lipinski definition) is 5. The summed E-state index contributed by atoms with van der Waals surface area (Å²) < 4.78 is 10.9. The highest BCUT2D eigenvalue weighted by Gasteiger charge is 2.60. The molecule has 0 radical (unpaired) electrons. The van der Waals surface area contributed by atoms with Crippen LogP contribution in [-0.2, 0) is 14.3 Å². The largest absolute Gasteiger partial charge is 0.454 e. The molecule has 0 bridgehead atoms. The van der Waals surface area contributed by atoms with Crippen LogP contribution in [0.3, 0.4) is 0 Å². The van der Waals surface area contributed by atoms with Crippen molar-refractivity contribution in [3.8, 4) is 0 Å². The molecule has 0 saturated carbocycles. The monoisotopic (exact) mass is 280 g/mol. The van der Waals surface area contributed by atoms with Crippen molar-refractivity contribution in [1.29, 1.82) is 0 Å². The lowest BCUT2D eigenvalue weighted by Gasteiger charge is -2.24. The molecule has 0 spiro atoms. The third kappa shape index (κ3) is 2.01. The summed E-state index contributed by atoms with van der Waals surface area (Å²) in [7, 11) is 0. The van der Waals surface area contributed by atoms with Gasteiger partial charge in [-0.05, 0) is 38.3 Å². The van der Waals surface area contributed by atoms with Crippen molar-refractivity contribution < 1.29 is 24.5 Å². The Morgan fingerprint density at radius 1 is 1.45 bits per heavy atom. The van der Waals surface area contributed by atoms with E-state index in [0.29, 0.717) is 12.8 Å². The van der Waals surface area contributed by atoms with Crippen LogP contribution in [-0.4, -0.2) is 46.2 Å². The summed E-state index contributed by atoms with van der Waals surface area (Å²) >= 11 is 0. The number of fused-ring (bicyclic) bond motifs is 2. The van der Waals surface area contributed by atoms with E-state index in [0.717, 1.165) is 5.57 Å². The maximum Gasteiger partial charge on any atom is 0.334 e. The summed E-state index contributed by atoms with van der Waals surface area (Å²) in [5, 5.41) is 20.6. The number of ether oxygens (including phenoxy) is 2. The lowest BCUT2D eigenvalue weighted by atomic mass is 9.82. The summed E-state index contributed by atoms with van der Waals surface area (Å²) in [5.74, 6) is -0.992. The van der Waals surface area contributed by atoms with Gasteiger partial charge in [0.1, 0.15) is 12.2 Å². The Morgan fingerprint density at radius 2 is 2.15 bits per heavy atom. The van der Waals surface area contributed by atoms with Gasteiger partial charge in [0.25, 0.3) is 0 Å². The third-order valence-electron chi connectivity index (χ3n) is 4.75. The second-order valence-corrected chi connectivity index (χ2v) is 6.23. The van der Waals surface area contributed by atoms with E-state index >= 15 is 0 Å². The fourth-order valence-corrected chi connectivity index (χ4v) is 3.24. The third-order valence-corrected chi connectivity index (χ3v) is 4.75. The molecule has 0 aromatic carbocycles. The summed E-state index contributed by atoms with van der Waals surface area (Å²) in [6, 6.07) is 0. The van der Waals surface area contributed by atoms with E-state index < -0.39 is 35.8 Å². The minimum absolute atomic E-state index is 0.277. The van der Waals surface area contributed by atoms with Crippen LogP contribution in [0.25, 0.3) is 0 Å². The van der Waals surface area contributed by atoms with E-state index in [9.17, 15) is 15.0 Å². The van der Waals surface area contributed by atoms with Crippen molar-refractivity contribution in [3.63, 3.8) is 0 Å². The Labute approximate surface area is 117 Å². The Morgan fingerprint density at radius 3 is 2.85 bits per heavy atom. The van der Waals surface area contributed by atoms with E-state index in [2.05, 4.69) is 6.58 Å². The van der Waals surface area contributed by atoms with Gasteiger partial charge in [0.2, 0.25) is 0 Å². The Kier molecular flexibility index (Phi) is 3.04. The highest BCUT2D eigenvalue weighted by molar-refractivity contribution is 5.91. The maximum atomic E-state index is 11.7. The van der Waals surface area contributed by atoms with Gasteiger partial charge in [0.15, 0.2) is 0 Å². The van der Waals surface area contributed by atoms with Gasteiger partial charge in [-0.15, -0.1) is 0 Å². The van der Waals surface area contributed by atoms with E-state index in [-0.39, 0.29) is 11.7 Å². The van der Waals surface area contributed by atoms with Gasteiger partial charge in [-0.2, -0.15) is 0 Å². The van der Waals surface area contributed by atoms with Crippen LogP contribution in [0.4, 0.5) is 0 Å². The number of rotatable bonds is 0. The van der Waals surface area contributed by atoms with Crippen LogP contribution in [0.1, 0.15) is 26.7 Å². The number of carbonyl (C=O) groups is 1. The SMILES string of the molecule is C=C1C(=O)O[C@H]2/C=C(/C)[C@@H](O)CC[C@@]3(C)O[C@@H]3[C@H](O)[C@H]12. The standard InChI is InChI=1S/C15H20O5/c1-7-6-10-11(8(2)14(18)19-10)12(17)13-15(3,20-13)5-4-9(7)16/h6,9-13,16-17H,2,4-5H2,1,3H3/b7-6-/t9-,10-,11+,12+,13+,15+/m0/s1. The first-order chi connectivity index (χ1) is 9.33. The number of epoxide rings is 1. The van der Waals surface area contributed by atoms with Gasteiger partial charge in [-0.25, -0.2) is 4.79 Å². The molecule has 5 nitrogen and oxygen atoms in total. The zero-order valence-electron chi connectivity index (χ0n) is 11.7. The molecule has 2 fully saturated rings. The molecule has 2 aliphatic heterocycles. The van der Waals surface area contributed by atoms with Crippen LogP contribution in [0.5, 0.6) is 0 Å². The second-order valence-electron chi connectivity index (χ2n) is 6.23. The number of aliphatic hydroxyl groups is 2. The van der Waals surface area contributed by atoms with Crippen molar-refractivity contribution >= 4 is 5.97 Å². The molecule has 1 aliphatic carbocycles. The van der Waals surface area contributed by atoms with E-state index in [1.807, 2.05) is 6.92 Å². The normalized spacial score (nSPS) is 50.6. The summed E-state index contributed by atoms with van der Waals surface area (Å²) in [5.41, 5.74) is 0.589. The molecule has 2 heterocycles. The molecule has 2 saturated heterocycles. The molecule has 3 rings (SSSR count).